The summed E-state index contributed by atoms with van der Waals surface area (Å²) in [4.78, 5) is 26.5. The average molecular weight is 351 g/mol. The van der Waals surface area contributed by atoms with E-state index in [9.17, 15) is 4.79 Å². The second-order valence-electron chi connectivity index (χ2n) is 5.78. The lowest BCUT2D eigenvalue weighted by Gasteiger charge is -2.06. The van der Waals surface area contributed by atoms with E-state index < -0.39 is 0 Å². The molecule has 0 aliphatic carbocycles. The van der Waals surface area contributed by atoms with Crippen LogP contribution in [0.4, 0.5) is 0 Å². The summed E-state index contributed by atoms with van der Waals surface area (Å²) in [6, 6.07) is 15.0. The molecular weight excluding hydrogens is 336 g/mol. The first-order chi connectivity index (χ1) is 12.2. The fourth-order valence-electron chi connectivity index (χ4n) is 2.88. The van der Waals surface area contributed by atoms with Gasteiger partial charge in [0.05, 0.1) is 17.5 Å². The van der Waals surface area contributed by atoms with Crippen molar-refractivity contribution in [1.82, 2.24) is 19.5 Å². The molecule has 0 aliphatic heterocycles. The molecule has 0 atom stereocenters. The number of aryl methyl sites for hydroxylation is 1. The number of nitrogens with zero attached hydrogens (tertiary/aromatic N) is 4. The van der Waals surface area contributed by atoms with Gasteiger partial charge in [0.2, 0.25) is 5.91 Å². The number of carbonyl (C=O) groups excluding carboxylic acids is 1. The fraction of sp³-hybridized carbons (Fsp3) is 0.158. The Kier molecular flexibility index (Phi) is 3.93. The number of aromatic nitrogens is 4. The van der Waals surface area contributed by atoms with Gasteiger partial charge in [-0.1, -0.05) is 48.9 Å². The summed E-state index contributed by atoms with van der Waals surface area (Å²) in [7, 11) is 0. The molecule has 4 aromatic rings. The highest BCUT2D eigenvalue weighted by molar-refractivity contribution is 6.31. The van der Waals surface area contributed by atoms with Crippen LogP contribution in [0.15, 0.2) is 48.5 Å². The molecule has 0 unspecified atom stereocenters. The van der Waals surface area contributed by atoms with Crippen LogP contribution >= 0.6 is 11.6 Å². The van der Waals surface area contributed by atoms with E-state index in [4.69, 9.17) is 11.6 Å². The number of imidazole rings is 1. The molecular formula is C19H15ClN4O. The van der Waals surface area contributed by atoms with Crippen molar-refractivity contribution in [2.75, 3.05) is 0 Å². The van der Waals surface area contributed by atoms with Crippen molar-refractivity contribution < 1.29 is 4.79 Å². The van der Waals surface area contributed by atoms with Crippen LogP contribution in [-0.4, -0.2) is 25.4 Å². The molecule has 0 saturated carbocycles. The summed E-state index contributed by atoms with van der Waals surface area (Å²) in [5, 5.41) is 0.594. The highest BCUT2D eigenvalue weighted by Gasteiger charge is 2.19. The number of halogens is 1. The van der Waals surface area contributed by atoms with Crippen LogP contribution in [0.3, 0.4) is 0 Å². The quantitative estimate of drug-likeness (QED) is 0.558. The van der Waals surface area contributed by atoms with E-state index in [0.717, 1.165) is 5.56 Å². The van der Waals surface area contributed by atoms with Gasteiger partial charge in [-0.15, -0.1) is 0 Å². The minimum atomic E-state index is -0.0619. The average Bonchev–Trinajstić information content (AvgIpc) is 2.98. The topological polar surface area (TPSA) is 60.7 Å². The number of benzene rings is 2. The van der Waals surface area contributed by atoms with Crippen LogP contribution < -0.4 is 0 Å². The fourth-order valence-corrected chi connectivity index (χ4v) is 3.04. The van der Waals surface area contributed by atoms with Crippen LogP contribution in [0.2, 0.25) is 5.02 Å². The first-order valence-electron chi connectivity index (χ1n) is 8.07. The van der Waals surface area contributed by atoms with Crippen LogP contribution in [-0.2, 0) is 12.8 Å². The van der Waals surface area contributed by atoms with E-state index in [1.807, 2.05) is 37.3 Å². The normalized spacial score (nSPS) is 11.3. The monoisotopic (exact) mass is 350 g/mol. The van der Waals surface area contributed by atoms with Crippen molar-refractivity contribution in [2.45, 2.75) is 19.8 Å². The highest BCUT2D eigenvalue weighted by atomic mass is 35.5. The Hall–Kier alpha value is -2.79. The van der Waals surface area contributed by atoms with Crippen LogP contribution in [0, 0.1) is 0 Å². The van der Waals surface area contributed by atoms with E-state index in [0.29, 0.717) is 46.0 Å². The van der Waals surface area contributed by atoms with Crippen molar-refractivity contribution >= 4 is 39.8 Å². The molecule has 0 amide bonds. The Morgan fingerprint density at radius 1 is 1.04 bits per heavy atom. The van der Waals surface area contributed by atoms with Crippen molar-refractivity contribution in [3.63, 3.8) is 0 Å². The maximum Gasteiger partial charge on any atom is 0.238 e. The molecule has 0 saturated heterocycles. The third kappa shape index (κ3) is 2.87. The Bertz CT molecular complexity index is 1090. The van der Waals surface area contributed by atoms with Crippen LogP contribution in [0.1, 0.15) is 23.1 Å². The van der Waals surface area contributed by atoms with Crippen molar-refractivity contribution in [2.24, 2.45) is 0 Å². The van der Waals surface area contributed by atoms with Crippen LogP contribution in [0.25, 0.3) is 22.3 Å². The second-order valence-corrected chi connectivity index (χ2v) is 6.21. The number of hydrogen-bond acceptors (Lipinski definition) is 4. The SMILES string of the molecule is CCc1nc2nc3cc(Cl)ccc3nc2n1C(=O)Cc1ccccc1. The lowest BCUT2D eigenvalue weighted by molar-refractivity contribution is 0.0915. The standard InChI is InChI=1S/C19H15ClN4O/c1-2-16-23-18-19(22-14-9-8-13(20)11-15(14)21-18)24(16)17(25)10-12-6-4-3-5-7-12/h3-9,11H,2,10H2,1H3. The van der Waals surface area contributed by atoms with Gasteiger partial charge in [-0.05, 0) is 23.8 Å². The Morgan fingerprint density at radius 2 is 1.84 bits per heavy atom. The molecule has 124 valence electrons. The van der Waals surface area contributed by atoms with Gasteiger partial charge in [-0.3, -0.25) is 4.79 Å². The van der Waals surface area contributed by atoms with E-state index in [-0.39, 0.29) is 5.91 Å². The molecule has 25 heavy (non-hydrogen) atoms. The summed E-state index contributed by atoms with van der Waals surface area (Å²) < 4.78 is 1.59. The van der Waals surface area contributed by atoms with E-state index in [1.54, 1.807) is 22.8 Å². The van der Waals surface area contributed by atoms with Gasteiger partial charge in [0.25, 0.3) is 0 Å². The zero-order chi connectivity index (χ0) is 17.4. The molecule has 0 fully saturated rings. The van der Waals surface area contributed by atoms with E-state index >= 15 is 0 Å². The summed E-state index contributed by atoms with van der Waals surface area (Å²) in [5.74, 6) is 0.602. The van der Waals surface area contributed by atoms with Gasteiger partial charge in [0.15, 0.2) is 11.3 Å². The Morgan fingerprint density at radius 3 is 2.60 bits per heavy atom. The predicted molar refractivity (Wildman–Crippen MR) is 98.0 cm³/mol. The summed E-state index contributed by atoms with van der Waals surface area (Å²) in [6.45, 7) is 1.96. The number of carbonyl (C=O) groups is 1. The molecule has 6 heteroatoms. The molecule has 4 rings (SSSR count). The van der Waals surface area contributed by atoms with Gasteiger partial charge in [-0.2, -0.15) is 0 Å². The minimum Gasteiger partial charge on any atom is -0.274 e. The summed E-state index contributed by atoms with van der Waals surface area (Å²) >= 11 is 6.03. The predicted octanol–water partition coefficient (Wildman–Crippen LogP) is 4.08. The summed E-state index contributed by atoms with van der Waals surface area (Å²) in [5.41, 5.74) is 3.27. The maximum absolute atomic E-state index is 12.9. The first-order valence-corrected chi connectivity index (χ1v) is 8.45. The molecule has 0 N–H and O–H groups in total. The molecule has 2 heterocycles. The Balaban J connectivity index is 1.86. The van der Waals surface area contributed by atoms with Crippen molar-refractivity contribution in [3.05, 3.63) is 64.9 Å². The number of fused-ring (bicyclic) bond motifs is 2. The van der Waals surface area contributed by atoms with Gasteiger partial charge < -0.3 is 0 Å². The van der Waals surface area contributed by atoms with Gasteiger partial charge in [0, 0.05) is 11.4 Å². The third-order valence-corrected chi connectivity index (χ3v) is 4.29. The van der Waals surface area contributed by atoms with Gasteiger partial charge in [-0.25, -0.2) is 19.5 Å². The molecule has 0 aliphatic rings. The largest absolute Gasteiger partial charge is 0.274 e. The lowest BCUT2D eigenvalue weighted by Crippen LogP contribution is -2.17. The molecule has 2 aromatic carbocycles. The van der Waals surface area contributed by atoms with Crippen LogP contribution in [0.5, 0.6) is 0 Å². The van der Waals surface area contributed by atoms with Crippen molar-refractivity contribution in [3.8, 4) is 0 Å². The maximum atomic E-state index is 12.9. The first kappa shape index (κ1) is 15.7. The highest BCUT2D eigenvalue weighted by Crippen LogP contribution is 2.21. The minimum absolute atomic E-state index is 0.0619. The molecule has 0 spiro atoms. The lowest BCUT2D eigenvalue weighted by atomic mass is 10.1. The van der Waals surface area contributed by atoms with E-state index in [1.165, 1.54) is 0 Å². The zero-order valence-corrected chi connectivity index (χ0v) is 14.4. The molecule has 5 nitrogen and oxygen atoms in total. The van der Waals surface area contributed by atoms with E-state index in [2.05, 4.69) is 15.0 Å². The number of rotatable bonds is 3. The zero-order valence-electron chi connectivity index (χ0n) is 13.6. The smallest absolute Gasteiger partial charge is 0.238 e. The Labute approximate surface area is 149 Å². The summed E-state index contributed by atoms with van der Waals surface area (Å²) in [6.07, 6.45) is 0.912. The molecule has 2 aromatic heterocycles. The third-order valence-electron chi connectivity index (χ3n) is 4.06. The number of hydrogen-bond donors (Lipinski definition) is 0. The van der Waals surface area contributed by atoms with Crippen molar-refractivity contribution in [1.29, 1.82) is 0 Å². The molecule has 0 radical (unpaired) electrons. The molecule has 0 bridgehead atoms. The van der Waals surface area contributed by atoms with Gasteiger partial charge >= 0.3 is 0 Å². The second kappa shape index (κ2) is 6.26. The van der Waals surface area contributed by atoms with Gasteiger partial charge in [0.1, 0.15) is 5.82 Å².